The zero-order chi connectivity index (χ0) is 13.0. The van der Waals surface area contributed by atoms with Gasteiger partial charge in [0.05, 0.1) is 21.4 Å². The molecule has 1 unspecified atom stereocenters. The number of carbonyl (C=O) groups excluding carboxylic acids is 1. The molecule has 0 bridgehead atoms. The van der Waals surface area contributed by atoms with Crippen molar-refractivity contribution in [3.05, 3.63) is 28.8 Å². The van der Waals surface area contributed by atoms with E-state index < -0.39 is 16.8 Å². The van der Waals surface area contributed by atoms with Gasteiger partial charge in [-0.2, -0.15) is 0 Å². The van der Waals surface area contributed by atoms with Gasteiger partial charge in [-0.15, -0.1) is 0 Å². The van der Waals surface area contributed by atoms with Crippen LogP contribution < -0.4 is 5.32 Å². The number of hydrogen-bond donors (Lipinski definition) is 2. The molecule has 0 aliphatic heterocycles. The predicted octanol–water partition coefficient (Wildman–Crippen LogP) is 0.892. The van der Waals surface area contributed by atoms with E-state index in [1.165, 1.54) is 25.2 Å². The second-order valence-corrected chi connectivity index (χ2v) is 4.97. The van der Waals surface area contributed by atoms with Crippen LogP contribution in [0.1, 0.15) is 10.4 Å². The molecule has 0 aliphatic carbocycles. The fraction of sp³-hybridized carbons (Fsp3) is 0.200. The zero-order valence-corrected chi connectivity index (χ0v) is 10.5. The lowest BCUT2D eigenvalue weighted by Crippen LogP contribution is -2.24. The molecule has 17 heavy (non-hydrogen) atoms. The van der Waals surface area contributed by atoms with E-state index in [2.05, 4.69) is 5.32 Å². The van der Waals surface area contributed by atoms with Gasteiger partial charge in [-0.3, -0.25) is 9.00 Å². The standard InChI is InChI=1S/C10H10ClNO4S/c1-12-9(13)5-17(16)6-2-3-8(11)7(4-6)10(14)15/h2-4H,5H2,1H3,(H,12,13)(H,14,15). The summed E-state index contributed by atoms with van der Waals surface area (Å²) in [5.41, 5.74) is -0.130. The number of benzene rings is 1. The number of halogens is 1. The fourth-order valence-corrected chi connectivity index (χ4v) is 2.30. The highest BCUT2D eigenvalue weighted by Crippen LogP contribution is 2.19. The van der Waals surface area contributed by atoms with E-state index in [0.717, 1.165) is 0 Å². The third-order valence-electron chi connectivity index (χ3n) is 1.97. The van der Waals surface area contributed by atoms with Crippen molar-refractivity contribution in [1.29, 1.82) is 0 Å². The maximum absolute atomic E-state index is 11.7. The first-order chi connectivity index (χ1) is 7.95. The number of carboxylic acids is 1. The lowest BCUT2D eigenvalue weighted by molar-refractivity contribution is -0.118. The summed E-state index contributed by atoms with van der Waals surface area (Å²) in [6.45, 7) is 0. The summed E-state index contributed by atoms with van der Waals surface area (Å²) in [7, 11) is -0.148. The van der Waals surface area contributed by atoms with E-state index in [1.807, 2.05) is 0 Å². The van der Waals surface area contributed by atoms with Gasteiger partial charge >= 0.3 is 5.97 Å². The minimum absolute atomic E-state index is 0.0678. The Kier molecular flexibility index (Phi) is 4.65. The summed E-state index contributed by atoms with van der Waals surface area (Å²) < 4.78 is 11.7. The normalized spacial score (nSPS) is 11.9. The molecule has 1 aromatic carbocycles. The number of amides is 1. The van der Waals surface area contributed by atoms with Crippen LogP contribution in [0.4, 0.5) is 0 Å². The third kappa shape index (κ3) is 3.54. The van der Waals surface area contributed by atoms with Crippen molar-refractivity contribution in [1.82, 2.24) is 5.32 Å². The second kappa shape index (κ2) is 5.79. The molecule has 0 fully saturated rings. The van der Waals surface area contributed by atoms with Crippen LogP contribution in [0, 0.1) is 0 Å². The van der Waals surface area contributed by atoms with Gasteiger partial charge in [-0.25, -0.2) is 4.79 Å². The van der Waals surface area contributed by atoms with Crippen molar-refractivity contribution < 1.29 is 18.9 Å². The molecule has 0 radical (unpaired) electrons. The fourth-order valence-electron chi connectivity index (χ4n) is 1.08. The van der Waals surface area contributed by atoms with Gasteiger partial charge in [0.2, 0.25) is 5.91 Å². The molecular weight excluding hydrogens is 266 g/mol. The van der Waals surface area contributed by atoms with Crippen LogP contribution in [0.3, 0.4) is 0 Å². The Bertz CT molecular complexity index is 489. The Morgan fingerprint density at radius 2 is 2.12 bits per heavy atom. The van der Waals surface area contributed by atoms with Crippen LogP contribution in [0.2, 0.25) is 5.02 Å². The SMILES string of the molecule is CNC(=O)CS(=O)c1ccc(Cl)c(C(=O)O)c1. The summed E-state index contributed by atoms with van der Waals surface area (Å²) >= 11 is 5.67. The topological polar surface area (TPSA) is 83.5 Å². The van der Waals surface area contributed by atoms with Crippen molar-refractivity contribution in [3.63, 3.8) is 0 Å². The van der Waals surface area contributed by atoms with Crippen LogP contribution >= 0.6 is 11.6 Å². The Morgan fingerprint density at radius 3 is 2.65 bits per heavy atom. The molecule has 0 spiro atoms. The van der Waals surface area contributed by atoms with Crippen molar-refractivity contribution in [2.45, 2.75) is 4.90 Å². The first kappa shape index (κ1) is 13.7. The lowest BCUT2D eigenvalue weighted by Gasteiger charge is -2.04. The molecule has 7 heteroatoms. The van der Waals surface area contributed by atoms with Crippen molar-refractivity contribution >= 4 is 34.3 Å². The van der Waals surface area contributed by atoms with Gasteiger partial charge in [-0.1, -0.05) is 11.6 Å². The van der Waals surface area contributed by atoms with E-state index >= 15 is 0 Å². The lowest BCUT2D eigenvalue weighted by atomic mass is 10.2. The minimum Gasteiger partial charge on any atom is -0.478 e. The van der Waals surface area contributed by atoms with Gasteiger partial charge in [0, 0.05) is 11.9 Å². The summed E-state index contributed by atoms with van der Waals surface area (Å²) in [5.74, 6) is -1.79. The van der Waals surface area contributed by atoms with Gasteiger partial charge in [-0.05, 0) is 18.2 Å². The second-order valence-electron chi connectivity index (χ2n) is 3.11. The third-order valence-corrected chi connectivity index (χ3v) is 3.61. The number of carbonyl (C=O) groups is 2. The molecule has 0 saturated carbocycles. The summed E-state index contributed by atoms with van der Waals surface area (Å²) in [6.07, 6.45) is 0. The van der Waals surface area contributed by atoms with E-state index in [1.54, 1.807) is 0 Å². The van der Waals surface area contributed by atoms with Gasteiger partial charge < -0.3 is 10.4 Å². The molecule has 1 aromatic rings. The quantitative estimate of drug-likeness (QED) is 0.855. The minimum atomic E-state index is -1.58. The van der Waals surface area contributed by atoms with Crippen molar-refractivity contribution in [2.75, 3.05) is 12.8 Å². The zero-order valence-electron chi connectivity index (χ0n) is 8.90. The van der Waals surface area contributed by atoms with E-state index in [4.69, 9.17) is 16.7 Å². The molecular formula is C10H10ClNO4S. The van der Waals surface area contributed by atoms with Crippen LogP contribution in [-0.2, 0) is 15.6 Å². The maximum Gasteiger partial charge on any atom is 0.337 e. The van der Waals surface area contributed by atoms with Crippen LogP contribution in [0.15, 0.2) is 23.1 Å². The average molecular weight is 276 g/mol. The molecule has 0 heterocycles. The molecule has 0 aromatic heterocycles. The first-order valence-electron chi connectivity index (χ1n) is 4.57. The molecule has 0 saturated heterocycles. The summed E-state index contributed by atoms with van der Waals surface area (Å²) in [4.78, 5) is 22.1. The van der Waals surface area contributed by atoms with Gasteiger partial charge in [0.15, 0.2) is 0 Å². The molecule has 1 atom stereocenters. The highest BCUT2D eigenvalue weighted by Gasteiger charge is 2.14. The summed E-state index contributed by atoms with van der Waals surface area (Å²) in [5, 5.41) is 11.2. The maximum atomic E-state index is 11.7. The molecule has 5 nitrogen and oxygen atoms in total. The predicted molar refractivity (Wildman–Crippen MR) is 63.8 cm³/mol. The highest BCUT2D eigenvalue weighted by atomic mass is 35.5. The first-order valence-corrected chi connectivity index (χ1v) is 6.27. The largest absolute Gasteiger partial charge is 0.478 e. The molecule has 2 N–H and O–H groups in total. The average Bonchev–Trinajstić information content (AvgIpc) is 2.28. The number of aromatic carboxylic acids is 1. The van der Waals surface area contributed by atoms with Crippen LogP contribution in [0.5, 0.6) is 0 Å². The molecule has 0 aliphatic rings. The van der Waals surface area contributed by atoms with Crippen molar-refractivity contribution in [2.24, 2.45) is 0 Å². The van der Waals surface area contributed by atoms with Crippen LogP contribution in [-0.4, -0.2) is 34.0 Å². The number of carboxylic acid groups (broad SMARTS) is 1. The number of hydrogen-bond acceptors (Lipinski definition) is 3. The number of rotatable bonds is 4. The Labute approximate surface area is 105 Å². The van der Waals surface area contributed by atoms with E-state index in [-0.39, 0.29) is 27.1 Å². The van der Waals surface area contributed by atoms with Gasteiger partial charge in [0.25, 0.3) is 0 Å². The monoisotopic (exact) mass is 275 g/mol. The Morgan fingerprint density at radius 1 is 1.47 bits per heavy atom. The Balaban J connectivity index is 3.00. The number of nitrogens with one attached hydrogen (secondary N) is 1. The Hall–Kier alpha value is -1.40. The summed E-state index contributed by atoms with van der Waals surface area (Å²) in [6, 6.07) is 4.00. The molecule has 1 rings (SSSR count). The van der Waals surface area contributed by atoms with Crippen molar-refractivity contribution in [3.8, 4) is 0 Å². The van der Waals surface area contributed by atoms with E-state index in [0.29, 0.717) is 0 Å². The molecule has 1 amide bonds. The van der Waals surface area contributed by atoms with E-state index in [9.17, 15) is 13.8 Å². The smallest absolute Gasteiger partial charge is 0.337 e. The van der Waals surface area contributed by atoms with Crippen LogP contribution in [0.25, 0.3) is 0 Å². The van der Waals surface area contributed by atoms with Gasteiger partial charge in [0.1, 0.15) is 5.75 Å². The highest BCUT2D eigenvalue weighted by molar-refractivity contribution is 7.85. The molecule has 92 valence electrons.